The standard InChI is InChI=1S/C18H25N3O4S.CH2O2/c22-18(20-9-5-13-3-7-19-8-4-13)16-11-14-6-10-21(12-17(14)25-16)26(23,24)15-1-2-15;2-1-3/h3-4,7-8,14-17H,1-2,5-6,9-12H2,(H,20,22);1H,(H,2,3)/t14-,16-,17+;/m0./s1. The first-order valence-electron chi connectivity index (χ1n) is 9.84. The van der Waals surface area contributed by atoms with Gasteiger partial charge in [0.25, 0.3) is 6.47 Å². The van der Waals surface area contributed by atoms with E-state index in [1.807, 2.05) is 12.1 Å². The molecular formula is C19H27N3O6S. The Morgan fingerprint density at radius 1 is 1.31 bits per heavy atom. The lowest BCUT2D eigenvalue weighted by molar-refractivity contribution is -0.132. The van der Waals surface area contributed by atoms with Crippen LogP contribution in [0.3, 0.4) is 0 Å². The summed E-state index contributed by atoms with van der Waals surface area (Å²) < 4.78 is 32.3. The highest BCUT2D eigenvalue weighted by molar-refractivity contribution is 7.90. The van der Waals surface area contributed by atoms with E-state index in [1.165, 1.54) is 0 Å². The zero-order chi connectivity index (χ0) is 20.9. The summed E-state index contributed by atoms with van der Waals surface area (Å²) in [6, 6.07) is 3.86. The second kappa shape index (κ2) is 9.64. The Hall–Kier alpha value is -2.04. The van der Waals surface area contributed by atoms with Gasteiger partial charge in [0.2, 0.25) is 15.9 Å². The number of nitrogens with one attached hydrogen (secondary N) is 1. The summed E-state index contributed by atoms with van der Waals surface area (Å²) in [5, 5.41) is 9.64. The summed E-state index contributed by atoms with van der Waals surface area (Å²) in [6.07, 6.45) is 6.61. The van der Waals surface area contributed by atoms with Gasteiger partial charge < -0.3 is 15.2 Å². The third kappa shape index (κ3) is 5.52. The van der Waals surface area contributed by atoms with Crippen LogP contribution in [0.5, 0.6) is 0 Å². The SMILES string of the molecule is O=C(NCCc1ccncc1)[C@@H]1C[C@@H]2CCN(S(=O)(=O)C3CC3)C[C@H]2O1.O=CO. The number of ether oxygens (including phenoxy) is 1. The van der Waals surface area contributed by atoms with E-state index in [-0.39, 0.29) is 29.7 Å². The lowest BCUT2D eigenvalue weighted by Crippen LogP contribution is -2.46. The molecular weight excluding hydrogens is 398 g/mol. The van der Waals surface area contributed by atoms with Gasteiger partial charge in [-0.2, -0.15) is 4.31 Å². The zero-order valence-corrected chi connectivity index (χ0v) is 17.0. The number of nitrogens with zero attached hydrogens (tertiary/aromatic N) is 2. The Morgan fingerprint density at radius 3 is 2.66 bits per heavy atom. The van der Waals surface area contributed by atoms with Gasteiger partial charge in [-0.25, -0.2) is 8.42 Å². The Bertz CT molecular complexity index is 799. The second-order valence-corrected chi connectivity index (χ2v) is 9.76. The first-order valence-corrected chi connectivity index (χ1v) is 11.3. The third-order valence-electron chi connectivity index (χ3n) is 5.57. The van der Waals surface area contributed by atoms with Gasteiger partial charge >= 0.3 is 0 Å². The Kier molecular flexibility index (Phi) is 7.20. The van der Waals surface area contributed by atoms with Crippen LogP contribution in [0.25, 0.3) is 0 Å². The van der Waals surface area contributed by atoms with Crippen molar-refractivity contribution >= 4 is 22.4 Å². The predicted molar refractivity (Wildman–Crippen MR) is 105 cm³/mol. The van der Waals surface area contributed by atoms with E-state index in [1.54, 1.807) is 16.7 Å². The quantitative estimate of drug-likeness (QED) is 0.632. The number of carboxylic acid groups (broad SMARTS) is 1. The number of aromatic nitrogens is 1. The van der Waals surface area contributed by atoms with Crippen molar-refractivity contribution in [2.24, 2.45) is 5.92 Å². The highest BCUT2D eigenvalue weighted by Gasteiger charge is 2.47. The molecule has 0 unspecified atom stereocenters. The fourth-order valence-electron chi connectivity index (χ4n) is 3.87. The van der Waals surface area contributed by atoms with Crippen molar-refractivity contribution in [3.63, 3.8) is 0 Å². The summed E-state index contributed by atoms with van der Waals surface area (Å²) in [4.78, 5) is 24.7. The Morgan fingerprint density at radius 2 is 2.00 bits per heavy atom. The lowest BCUT2D eigenvalue weighted by Gasteiger charge is -2.33. The molecule has 3 fully saturated rings. The maximum Gasteiger partial charge on any atom is 0.290 e. The molecule has 4 rings (SSSR count). The average molecular weight is 426 g/mol. The van der Waals surface area contributed by atoms with Crippen LogP contribution in [0, 0.1) is 5.92 Å². The summed E-state index contributed by atoms with van der Waals surface area (Å²) in [6.45, 7) is 1.25. The number of pyridine rings is 1. The van der Waals surface area contributed by atoms with E-state index >= 15 is 0 Å². The topological polar surface area (TPSA) is 126 Å². The molecule has 1 aromatic rings. The van der Waals surface area contributed by atoms with E-state index in [4.69, 9.17) is 14.6 Å². The number of rotatable bonds is 6. The van der Waals surface area contributed by atoms with Crippen molar-refractivity contribution < 1.29 is 27.9 Å². The van der Waals surface area contributed by atoms with E-state index < -0.39 is 16.1 Å². The zero-order valence-electron chi connectivity index (χ0n) is 16.1. The molecule has 3 aliphatic rings. The molecule has 10 heteroatoms. The van der Waals surface area contributed by atoms with Crippen LogP contribution in [0.4, 0.5) is 0 Å². The van der Waals surface area contributed by atoms with Crippen molar-refractivity contribution in [2.75, 3.05) is 19.6 Å². The number of amides is 1. The fourth-order valence-corrected chi connectivity index (χ4v) is 5.74. The number of fused-ring (bicyclic) bond motifs is 1. The van der Waals surface area contributed by atoms with Crippen molar-refractivity contribution in [1.29, 1.82) is 0 Å². The van der Waals surface area contributed by atoms with Crippen molar-refractivity contribution in [2.45, 2.75) is 49.6 Å². The normalized spacial score (nSPS) is 26.7. The van der Waals surface area contributed by atoms with Crippen LogP contribution in [0.15, 0.2) is 24.5 Å². The molecule has 0 bridgehead atoms. The predicted octanol–water partition coefficient (Wildman–Crippen LogP) is 0.413. The van der Waals surface area contributed by atoms with Gasteiger partial charge in [0.1, 0.15) is 6.10 Å². The average Bonchev–Trinajstić information content (AvgIpc) is 3.49. The molecule has 3 atom stereocenters. The Balaban J connectivity index is 0.000000755. The molecule has 0 radical (unpaired) electrons. The molecule has 160 valence electrons. The van der Waals surface area contributed by atoms with Crippen molar-refractivity contribution in [1.82, 2.24) is 14.6 Å². The summed E-state index contributed by atoms with van der Waals surface area (Å²) >= 11 is 0. The molecule has 29 heavy (non-hydrogen) atoms. The van der Waals surface area contributed by atoms with Crippen LogP contribution in [0.1, 0.15) is 31.2 Å². The maximum atomic E-state index is 12.4. The Labute approximate surface area is 170 Å². The first-order chi connectivity index (χ1) is 14.0. The molecule has 1 aliphatic carbocycles. The molecule has 1 aromatic heterocycles. The summed E-state index contributed by atoms with van der Waals surface area (Å²) in [5.41, 5.74) is 1.13. The van der Waals surface area contributed by atoms with Crippen molar-refractivity contribution in [3.05, 3.63) is 30.1 Å². The minimum absolute atomic E-state index is 0.0925. The molecule has 2 aliphatic heterocycles. The van der Waals surface area contributed by atoms with Gasteiger partial charge in [0, 0.05) is 32.0 Å². The van der Waals surface area contributed by atoms with Gasteiger partial charge in [-0.1, -0.05) is 0 Å². The van der Waals surface area contributed by atoms with Crippen LogP contribution in [-0.4, -0.2) is 72.3 Å². The largest absolute Gasteiger partial charge is 0.483 e. The molecule has 1 amide bonds. The molecule has 3 heterocycles. The maximum absolute atomic E-state index is 12.4. The number of carbonyl (C=O) groups is 2. The van der Waals surface area contributed by atoms with Gasteiger partial charge in [0.05, 0.1) is 11.4 Å². The number of piperidine rings is 1. The molecule has 1 saturated carbocycles. The molecule has 9 nitrogen and oxygen atoms in total. The van der Waals surface area contributed by atoms with Crippen LogP contribution in [0.2, 0.25) is 0 Å². The number of hydrogen-bond acceptors (Lipinski definition) is 6. The minimum atomic E-state index is -3.16. The van der Waals surface area contributed by atoms with Crippen LogP contribution >= 0.6 is 0 Å². The lowest BCUT2D eigenvalue weighted by atomic mass is 9.93. The molecule has 2 N–H and O–H groups in total. The summed E-state index contributed by atoms with van der Waals surface area (Å²) in [7, 11) is -3.16. The van der Waals surface area contributed by atoms with Gasteiger partial charge in [0.15, 0.2) is 0 Å². The van der Waals surface area contributed by atoms with E-state index in [0.29, 0.717) is 26.1 Å². The van der Waals surface area contributed by atoms with Gasteiger partial charge in [-0.3, -0.25) is 14.6 Å². The highest BCUT2D eigenvalue weighted by atomic mass is 32.2. The monoisotopic (exact) mass is 425 g/mol. The van der Waals surface area contributed by atoms with Crippen LogP contribution in [-0.2, 0) is 30.8 Å². The third-order valence-corrected chi connectivity index (χ3v) is 7.94. The van der Waals surface area contributed by atoms with E-state index in [2.05, 4.69) is 10.3 Å². The summed E-state index contributed by atoms with van der Waals surface area (Å²) in [5.74, 6) is 0.182. The number of sulfonamides is 1. The van der Waals surface area contributed by atoms with E-state index in [9.17, 15) is 13.2 Å². The minimum Gasteiger partial charge on any atom is -0.483 e. The number of carbonyl (C=O) groups excluding carboxylic acids is 1. The first kappa shape index (κ1) is 21.7. The number of hydrogen-bond donors (Lipinski definition) is 2. The van der Waals surface area contributed by atoms with E-state index in [0.717, 1.165) is 31.2 Å². The second-order valence-electron chi connectivity index (χ2n) is 7.55. The smallest absolute Gasteiger partial charge is 0.290 e. The molecule has 2 saturated heterocycles. The molecule has 0 spiro atoms. The van der Waals surface area contributed by atoms with Gasteiger partial charge in [-0.05, 0) is 55.7 Å². The van der Waals surface area contributed by atoms with Gasteiger partial charge in [-0.15, -0.1) is 0 Å². The highest BCUT2D eigenvalue weighted by Crippen LogP contribution is 2.37. The fraction of sp³-hybridized carbons (Fsp3) is 0.632. The van der Waals surface area contributed by atoms with Crippen molar-refractivity contribution in [3.8, 4) is 0 Å². The van der Waals surface area contributed by atoms with Crippen LogP contribution < -0.4 is 5.32 Å². The molecule has 0 aromatic carbocycles.